The minimum atomic E-state index is -0.304. The van der Waals surface area contributed by atoms with Crippen LogP contribution in [0.4, 0.5) is 10.2 Å². The van der Waals surface area contributed by atoms with Gasteiger partial charge in [-0.05, 0) is 55.9 Å². The Labute approximate surface area is 170 Å². The van der Waals surface area contributed by atoms with E-state index in [-0.39, 0.29) is 17.9 Å². The van der Waals surface area contributed by atoms with Gasteiger partial charge in [-0.25, -0.2) is 9.07 Å². The number of piperidine rings is 1. The Hall–Kier alpha value is -2.25. The van der Waals surface area contributed by atoms with Gasteiger partial charge in [0.25, 0.3) is 5.56 Å². The van der Waals surface area contributed by atoms with E-state index in [0.717, 1.165) is 63.4 Å². The summed E-state index contributed by atoms with van der Waals surface area (Å²) in [4.78, 5) is 14.6. The van der Waals surface area contributed by atoms with Crippen LogP contribution in [0.25, 0.3) is 0 Å². The van der Waals surface area contributed by atoms with Crippen LogP contribution < -0.4 is 15.8 Å². The first-order valence-corrected chi connectivity index (χ1v) is 10.6. The maximum Gasteiger partial charge on any atom is 0.267 e. The zero-order valence-electron chi connectivity index (χ0n) is 16.7. The largest absolute Gasteiger partial charge is 0.381 e. The molecule has 4 rings (SSSR count). The van der Waals surface area contributed by atoms with Crippen molar-refractivity contribution >= 4 is 5.82 Å². The summed E-state index contributed by atoms with van der Waals surface area (Å²) in [6, 6.07) is 10.6. The standard InChI is InChI=1S/C22H29FN4O2/c23-18-5-3-4-17(14-18)16-27-22(28)8-7-21(25-27)26-11-2-1-6-20(26)15-24-19-9-12-29-13-10-19/h3-5,7-8,14,19-20,24H,1-2,6,9-13,15-16H2. The average Bonchev–Trinajstić information content (AvgIpc) is 2.75. The van der Waals surface area contributed by atoms with Gasteiger partial charge in [0, 0.05) is 44.5 Å². The predicted octanol–water partition coefficient (Wildman–Crippen LogP) is 2.56. The molecule has 7 heteroatoms. The van der Waals surface area contributed by atoms with Gasteiger partial charge in [-0.3, -0.25) is 4.79 Å². The van der Waals surface area contributed by atoms with Crippen LogP contribution >= 0.6 is 0 Å². The Morgan fingerprint density at radius 1 is 1.14 bits per heavy atom. The first-order chi connectivity index (χ1) is 14.2. The average molecular weight is 400 g/mol. The minimum Gasteiger partial charge on any atom is -0.381 e. The highest BCUT2D eigenvalue weighted by atomic mass is 19.1. The summed E-state index contributed by atoms with van der Waals surface area (Å²) in [7, 11) is 0. The lowest BCUT2D eigenvalue weighted by molar-refractivity contribution is 0.0774. The van der Waals surface area contributed by atoms with Crippen LogP contribution in [-0.4, -0.2) is 48.2 Å². The van der Waals surface area contributed by atoms with E-state index in [1.54, 1.807) is 12.1 Å². The lowest BCUT2D eigenvalue weighted by atomic mass is 10.0. The van der Waals surface area contributed by atoms with Crippen LogP contribution in [0.15, 0.2) is 41.2 Å². The van der Waals surface area contributed by atoms with Crippen LogP contribution in [0.5, 0.6) is 0 Å². The van der Waals surface area contributed by atoms with Gasteiger partial charge in [-0.2, -0.15) is 5.10 Å². The third-order valence-electron chi connectivity index (χ3n) is 5.86. The lowest BCUT2D eigenvalue weighted by Gasteiger charge is -2.38. The Morgan fingerprint density at radius 2 is 2.00 bits per heavy atom. The van der Waals surface area contributed by atoms with E-state index >= 15 is 0 Å². The highest BCUT2D eigenvalue weighted by molar-refractivity contribution is 5.39. The Kier molecular flexibility index (Phi) is 6.56. The molecule has 2 aliphatic heterocycles. The molecule has 0 bridgehead atoms. The first kappa shape index (κ1) is 20.0. The van der Waals surface area contributed by atoms with Crippen molar-refractivity contribution in [2.45, 2.75) is 50.7 Å². The summed E-state index contributed by atoms with van der Waals surface area (Å²) < 4.78 is 20.4. The highest BCUT2D eigenvalue weighted by Gasteiger charge is 2.25. The van der Waals surface area contributed by atoms with Crippen molar-refractivity contribution in [1.82, 2.24) is 15.1 Å². The van der Waals surface area contributed by atoms with Crippen molar-refractivity contribution in [2.24, 2.45) is 0 Å². The van der Waals surface area contributed by atoms with E-state index < -0.39 is 0 Å². The van der Waals surface area contributed by atoms with Gasteiger partial charge in [-0.1, -0.05) is 12.1 Å². The maximum absolute atomic E-state index is 13.5. The molecule has 3 heterocycles. The second-order valence-corrected chi connectivity index (χ2v) is 7.96. The molecule has 2 fully saturated rings. The van der Waals surface area contributed by atoms with E-state index in [9.17, 15) is 9.18 Å². The summed E-state index contributed by atoms with van der Waals surface area (Å²) in [5, 5.41) is 8.33. The van der Waals surface area contributed by atoms with Gasteiger partial charge >= 0.3 is 0 Å². The Balaban J connectivity index is 1.48. The summed E-state index contributed by atoms with van der Waals surface area (Å²) in [6.45, 7) is 3.78. The Bertz CT molecular complexity index is 866. The van der Waals surface area contributed by atoms with Crippen molar-refractivity contribution in [3.05, 3.63) is 58.1 Å². The number of benzene rings is 1. The maximum atomic E-state index is 13.5. The van der Waals surface area contributed by atoms with Crippen LogP contribution in [0, 0.1) is 5.82 Å². The van der Waals surface area contributed by atoms with E-state index in [2.05, 4.69) is 15.3 Å². The molecule has 0 saturated carbocycles. The van der Waals surface area contributed by atoms with E-state index in [0.29, 0.717) is 12.1 Å². The molecule has 1 aromatic heterocycles. The summed E-state index contributed by atoms with van der Waals surface area (Å²) in [5.74, 6) is 0.515. The quantitative estimate of drug-likeness (QED) is 0.808. The fourth-order valence-electron chi connectivity index (χ4n) is 4.23. The molecule has 1 unspecified atom stereocenters. The van der Waals surface area contributed by atoms with E-state index in [1.165, 1.54) is 23.2 Å². The normalized spacial score (nSPS) is 20.7. The molecule has 0 aliphatic carbocycles. The molecule has 29 heavy (non-hydrogen) atoms. The first-order valence-electron chi connectivity index (χ1n) is 10.6. The molecule has 2 aromatic rings. The molecule has 1 N–H and O–H groups in total. The fourth-order valence-corrected chi connectivity index (χ4v) is 4.23. The zero-order chi connectivity index (χ0) is 20.1. The van der Waals surface area contributed by atoms with Crippen LogP contribution in [0.1, 0.15) is 37.7 Å². The highest BCUT2D eigenvalue weighted by Crippen LogP contribution is 2.22. The van der Waals surface area contributed by atoms with Gasteiger partial charge in [0.15, 0.2) is 0 Å². The number of nitrogens with zero attached hydrogens (tertiary/aromatic N) is 3. The molecule has 2 aliphatic rings. The number of aromatic nitrogens is 2. The smallest absolute Gasteiger partial charge is 0.267 e. The van der Waals surface area contributed by atoms with Crippen molar-refractivity contribution < 1.29 is 9.13 Å². The van der Waals surface area contributed by atoms with Gasteiger partial charge < -0.3 is 15.0 Å². The monoisotopic (exact) mass is 400 g/mol. The number of ether oxygens (including phenoxy) is 1. The Morgan fingerprint density at radius 3 is 2.83 bits per heavy atom. The number of rotatable bonds is 6. The fraction of sp³-hybridized carbons (Fsp3) is 0.545. The van der Waals surface area contributed by atoms with Crippen LogP contribution in [-0.2, 0) is 11.3 Å². The number of nitrogens with one attached hydrogen (secondary N) is 1. The number of halogens is 1. The second kappa shape index (κ2) is 9.50. The molecule has 2 saturated heterocycles. The molecule has 156 valence electrons. The second-order valence-electron chi connectivity index (χ2n) is 7.96. The van der Waals surface area contributed by atoms with E-state index in [1.807, 2.05) is 12.1 Å². The summed E-state index contributed by atoms with van der Waals surface area (Å²) in [6.07, 6.45) is 5.56. The van der Waals surface area contributed by atoms with E-state index in [4.69, 9.17) is 4.74 Å². The third-order valence-corrected chi connectivity index (χ3v) is 5.86. The molecule has 1 aromatic carbocycles. The number of anilines is 1. The van der Waals surface area contributed by atoms with Crippen molar-refractivity contribution in [2.75, 3.05) is 31.2 Å². The third kappa shape index (κ3) is 5.22. The SMILES string of the molecule is O=c1ccc(N2CCCCC2CNC2CCOCC2)nn1Cc1cccc(F)c1. The zero-order valence-corrected chi connectivity index (χ0v) is 16.7. The molecule has 0 spiro atoms. The number of hydrogen-bond donors (Lipinski definition) is 1. The summed E-state index contributed by atoms with van der Waals surface area (Å²) in [5.41, 5.74) is 0.556. The molecule has 6 nitrogen and oxygen atoms in total. The van der Waals surface area contributed by atoms with Gasteiger partial charge in [0.2, 0.25) is 0 Å². The van der Waals surface area contributed by atoms with Gasteiger partial charge in [0.1, 0.15) is 11.6 Å². The van der Waals surface area contributed by atoms with Gasteiger partial charge in [-0.15, -0.1) is 0 Å². The minimum absolute atomic E-state index is 0.174. The molecule has 0 radical (unpaired) electrons. The van der Waals surface area contributed by atoms with Crippen LogP contribution in [0.3, 0.4) is 0 Å². The summed E-state index contributed by atoms with van der Waals surface area (Å²) >= 11 is 0. The number of hydrogen-bond acceptors (Lipinski definition) is 5. The molecule has 1 atom stereocenters. The van der Waals surface area contributed by atoms with Crippen LogP contribution in [0.2, 0.25) is 0 Å². The molecular weight excluding hydrogens is 371 g/mol. The predicted molar refractivity (Wildman–Crippen MR) is 111 cm³/mol. The van der Waals surface area contributed by atoms with Gasteiger partial charge in [0.05, 0.1) is 6.54 Å². The van der Waals surface area contributed by atoms with Crippen molar-refractivity contribution in [1.29, 1.82) is 0 Å². The van der Waals surface area contributed by atoms with Crippen molar-refractivity contribution in [3.63, 3.8) is 0 Å². The molecular formula is C22H29FN4O2. The lowest BCUT2D eigenvalue weighted by Crippen LogP contribution is -2.49. The molecule has 0 amide bonds. The topological polar surface area (TPSA) is 59.4 Å². The van der Waals surface area contributed by atoms with Crippen molar-refractivity contribution in [3.8, 4) is 0 Å².